The molecule has 1 heterocycles. The Labute approximate surface area is 136 Å². The topological polar surface area (TPSA) is 76.1 Å². The predicted molar refractivity (Wildman–Crippen MR) is 83.9 cm³/mol. The molecule has 0 aromatic heterocycles. The van der Waals surface area contributed by atoms with E-state index in [9.17, 15) is 9.59 Å². The molecule has 1 aromatic rings. The molecule has 1 aliphatic heterocycles. The average Bonchev–Trinajstić information content (AvgIpc) is 2.54. The zero-order valence-electron chi connectivity index (χ0n) is 13.3. The summed E-state index contributed by atoms with van der Waals surface area (Å²) in [5.74, 6) is -1.07. The maximum atomic E-state index is 12.2. The molecular formula is C17H23NO5. The lowest BCUT2D eigenvalue weighted by Gasteiger charge is -2.35. The number of rotatable bonds is 7. The number of hydrogen-bond donors (Lipinski definition) is 1. The minimum Gasteiger partial charge on any atom is -0.479 e. The lowest BCUT2D eigenvalue weighted by Crippen LogP contribution is -2.51. The first kappa shape index (κ1) is 17.4. The fourth-order valence-electron chi connectivity index (χ4n) is 2.54. The van der Waals surface area contributed by atoms with Crippen molar-refractivity contribution in [1.29, 1.82) is 0 Å². The Balaban J connectivity index is 1.67. The van der Waals surface area contributed by atoms with Crippen LogP contribution >= 0.6 is 0 Å². The van der Waals surface area contributed by atoms with Crippen LogP contribution in [0.4, 0.5) is 0 Å². The van der Waals surface area contributed by atoms with Crippen LogP contribution < -0.4 is 0 Å². The van der Waals surface area contributed by atoms with Gasteiger partial charge >= 0.3 is 5.97 Å². The van der Waals surface area contributed by atoms with Gasteiger partial charge in [0, 0.05) is 19.6 Å². The molecule has 2 rings (SSSR count). The van der Waals surface area contributed by atoms with Crippen molar-refractivity contribution in [1.82, 2.24) is 4.90 Å². The molecule has 6 heteroatoms. The van der Waals surface area contributed by atoms with Gasteiger partial charge in [0.25, 0.3) is 0 Å². The molecule has 0 spiro atoms. The number of carboxylic acids is 1. The van der Waals surface area contributed by atoms with Crippen molar-refractivity contribution in [2.75, 3.05) is 19.7 Å². The maximum absolute atomic E-state index is 12.2. The third kappa shape index (κ3) is 5.65. The summed E-state index contributed by atoms with van der Waals surface area (Å²) in [5, 5.41) is 9.03. The third-order valence-electron chi connectivity index (χ3n) is 3.68. The van der Waals surface area contributed by atoms with Crippen LogP contribution in [0.15, 0.2) is 30.3 Å². The Morgan fingerprint density at radius 3 is 2.74 bits per heavy atom. The Kier molecular flexibility index (Phi) is 6.55. The summed E-state index contributed by atoms with van der Waals surface area (Å²) in [4.78, 5) is 24.8. The molecule has 1 aromatic carbocycles. The second kappa shape index (κ2) is 8.64. The van der Waals surface area contributed by atoms with Gasteiger partial charge in [-0.1, -0.05) is 30.3 Å². The maximum Gasteiger partial charge on any atom is 0.334 e. The van der Waals surface area contributed by atoms with Crippen molar-refractivity contribution < 1.29 is 24.2 Å². The van der Waals surface area contributed by atoms with Crippen LogP contribution in [0.1, 0.15) is 25.3 Å². The lowest BCUT2D eigenvalue weighted by molar-refractivity contribution is -0.166. The van der Waals surface area contributed by atoms with Gasteiger partial charge in [-0.15, -0.1) is 0 Å². The molecule has 0 bridgehead atoms. The smallest absolute Gasteiger partial charge is 0.334 e. The van der Waals surface area contributed by atoms with Gasteiger partial charge in [0.2, 0.25) is 5.91 Å². The fourth-order valence-corrected chi connectivity index (χ4v) is 2.54. The summed E-state index contributed by atoms with van der Waals surface area (Å²) in [7, 11) is 0. The van der Waals surface area contributed by atoms with E-state index in [1.807, 2.05) is 30.3 Å². The summed E-state index contributed by atoms with van der Waals surface area (Å²) < 4.78 is 10.9. The summed E-state index contributed by atoms with van der Waals surface area (Å²) in [6.07, 6.45) is -0.219. The number of carbonyl (C=O) groups excluding carboxylic acids is 1. The Hall–Kier alpha value is -1.92. The standard InChI is InChI=1S/C17H23NO5/c1-13-10-18(11-15(23-13)17(20)21)16(19)8-5-9-22-12-14-6-3-2-4-7-14/h2-4,6-7,13,15H,5,8-12H2,1H3,(H,20,21)/t13-,15?/m1/s1. The van der Waals surface area contributed by atoms with Gasteiger partial charge in [0.1, 0.15) is 0 Å². The van der Waals surface area contributed by atoms with Crippen LogP contribution in [0, 0.1) is 0 Å². The largest absolute Gasteiger partial charge is 0.479 e. The summed E-state index contributed by atoms with van der Waals surface area (Å²) in [6, 6.07) is 9.86. The van der Waals surface area contributed by atoms with Gasteiger partial charge in [-0.05, 0) is 18.9 Å². The van der Waals surface area contributed by atoms with E-state index in [2.05, 4.69) is 0 Å². The van der Waals surface area contributed by atoms with E-state index < -0.39 is 12.1 Å². The minimum absolute atomic E-state index is 0.0466. The van der Waals surface area contributed by atoms with Crippen molar-refractivity contribution >= 4 is 11.9 Å². The van der Waals surface area contributed by atoms with Crippen molar-refractivity contribution in [3.63, 3.8) is 0 Å². The highest BCUT2D eigenvalue weighted by Gasteiger charge is 2.32. The second-order valence-corrected chi connectivity index (χ2v) is 5.71. The van der Waals surface area contributed by atoms with E-state index in [0.29, 0.717) is 32.6 Å². The predicted octanol–water partition coefficient (Wildman–Crippen LogP) is 1.68. The number of aliphatic carboxylic acids is 1. The number of hydrogen-bond acceptors (Lipinski definition) is 4. The molecule has 1 saturated heterocycles. The highest BCUT2D eigenvalue weighted by molar-refractivity contribution is 5.78. The van der Waals surface area contributed by atoms with Crippen LogP contribution in [0.2, 0.25) is 0 Å². The first-order valence-corrected chi connectivity index (χ1v) is 7.84. The van der Waals surface area contributed by atoms with Gasteiger partial charge in [-0.2, -0.15) is 0 Å². The molecule has 0 saturated carbocycles. The quantitative estimate of drug-likeness (QED) is 0.773. The van der Waals surface area contributed by atoms with Gasteiger partial charge in [0.05, 0.1) is 19.3 Å². The lowest BCUT2D eigenvalue weighted by atomic mass is 10.2. The molecule has 1 N–H and O–H groups in total. The van der Waals surface area contributed by atoms with E-state index in [0.717, 1.165) is 5.56 Å². The number of ether oxygens (including phenoxy) is 2. The van der Waals surface area contributed by atoms with E-state index >= 15 is 0 Å². The average molecular weight is 321 g/mol. The molecule has 2 atom stereocenters. The Bertz CT molecular complexity index is 519. The zero-order chi connectivity index (χ0) is 16.7. The molecule has 0 aliphatic carbocycles. The first-order valence-electron chi connectivity index (χ1n) is 7.84. The van der Waals surface area contributed by atoms with Crippen LogP contribution in [-0.2, 0) is 25.7 Å². The van der Waals surface area contributed by atoms with E-state index in [1.165, 1.54) is 0 Å². The molecule has 1 amide bonds. The molecule has 126 valence electrons. The molecule has 6 nitrogen and oxygen atoms in total. The van der Waals surface area contributed by atoms with Crippen molar-refractivity contribution in [2.45, 2.75) is 38.6 Å². The molecule has 23 heavy (non-hydrogen) atoms. The molecule has 1 aliphatic rings. The number of benzene rings is 1. The highest BCUT2D eigenvalue weighted by atomic mass is 16.5. The third-order valence-corrected chi connectivity index (χ3v) is 3.68. The van der Waals surface area contributed by atoms with E-state index in [-0.39, 0.29) is 18.6 Å². The number of amides is 1. The Morgan fingerprint density at radius 1 is 1.30 bits per heavy atom. The Morgan fingerprint density at radius 2 is 2.04 bits per heavy atom. The van der Waals surface area contributed by atoms with Gasteiger partial charge in [0.15, 0.2) is 6.10 Å². The van der Waals surface area contributed by atoms with Gasteiger partial charge < -0.3 is 19.5 Å². The summed E-state index contributed by atoms with van der Waals surface area (Å²) in [5.41, 5.74) is 1.10. The van der Waals surface area contributed by atoms with E-state index in [1.54, 1.807) is 11.8 Å². The van der Waals surface area contributed by atoms with Crippen LogP contribution in [0.5, 0.6) is 0 Å². The summed E-state index contributed by atoms with van der Waals surface area (Å²) in [6.45, 7) is 3.36. The SMILES string of the molecule is C[C@@H]1CN(C(=O)CCCOCc2ccccc2)CC(C(=O)O)O1. The number of carbonyl (C=O) groups is 2. The fraction of sp³-hybridized carbons (Fsp3) is 0.529. The van der Waals surface area contributed by atoms with E-state index in [4.69, 9.17) is 14.6 Å². The molecule has 1 fully saturated rings. The molecular weight excluding hydrogens is 298 g/mol. The minimum atomic E-state index is -1.03. The van der Waals surface area contributed by atoms with Crippen LogP contribution in [-0.4, -0.2) is 53.8 Å². The van der Waals surface area contributed by atoms with Gasteiger partial charge in [-0.25, -0.2) is 4.79 Å². The first-order chi connectivity index (χ1) is 11.1. The van der Waals surface area contributed by atoms with Crippen LogP contribution in [0.25, 0.3) is 0 Å². The van der Waals surface area contributed by atoms with Crippen molar-refractivity contribution in [2.24, 2.45) is 0 Å². The van der Waals surface area contributed by atoms with Crippen molar-refractivity contribution in [3.8, 4) is 0 Å². The second-order valence-electron chi connectivity index (χ2n) is 5.71. The van der Waals surface area contributed by atoms with Crippen LogP contribution in [0.3, 0.4) is 0 Å². The number of nitrogens with zero attached hydrogens (tertiary/aromatic N) is 1. The summed E-state index contributed by atoms with van der Waals surface area (Å²) >= 11 is 0. The molecule has 0 radical (unpaired) electrons. The normalized spacial score (nSPS) is 21.2. The number of morpholine rings is 1. The monoisotopic (exact) mass is 321 g/mol. The van der Waals surface area contributed by atoms with Gasteiger partial charge in [-0.3, -0.25) is 4.79 Å². The number of carboxylic acid groups (broad SMARTS) is 1. The molecule has 1 unspecified atom stereocenters. The highest BCUT2D eigenvalue weighted by Crippen LogP contribution is 2.13. The van der Waals surface area contributed by atoms with Crippen molar-refractivity contribution in [3.05, 3.63) is 35.9 Å². The zero-order valence-corrected chi connectivity index (χ0v) is 13.3.